The molecule has 98 valence electrons. The first-order valence-corrected chi connectivity index (χ1v) is 6.54. The Kier molecular flexibility index (Phi) is 5.65. The summed E-state index contributed by atoms with van der Waals surface area (Å²) in [5.74, 6) is 0. The number of hydrogen-bond donors (Lipinski definition) is 1. The van der Waals surface area contributed by atoms with E-state index >= 15 is 0 Å². The lowest BCUT2D eigenvalue weighted by Crippen LogP contribution is -2.33. The lowest BCUT2D eigenvalue weighted by atomic mass is 10.2. The molecule has 1 rings (SSSR count). The van der Waals surface area contributed by atoms with Crippen molar-refractivity contribution in [3.05, 3.63) is 17.5 Å². The molecular formula is C13H26N4. The van der Waals surface area contributed by atoms with E-state index in [4.69, 9.17) is 5.73 Å². The predicted molar refractivity (Wildman–Crippen MR) is 71.8 cm³/mol. The van der Waals surface area contributed by atoms with E-state index in [1.54, 1.807) is 0 Å². The Bertz CT molecular complexity index is 330. The maximum Gasteiger partial charge on any atom is 0.0625 e. The van der Waals surface area contributed by atoms with E-state index in [1.807, 2.05) is 11.7 Å². The number of nitrogens with two attached hydrogens (primary N) is 1. The van der Waals surface area contributed by atoms with Crippen molar-refractivity contribution >= 4 is 0 Å². The summed E-state index contributed by atoms with van der Waals surface area (Å²) >= 11 is 0. The van der Waals surface area contributed by atoms with Crippen molar-refractivity contribution < 1.29 is 0 Å². The van der Waals surface area contributed by atoms with Crippen molar-refractivity contribution in [1.29, 1.82) is 0 Å². The zero-order valence-corrected chi connectivity index (χ0v) is 11.6. The molecule has 0 aliphatic rings. The summed E-state index contributed by atoms with van der Waals surface area (Å²) < 4.78 is 2.00. The fourth-order valence-electron chi connectivity index (χ4n) is 1.91. The van der Waals surface area contributed by atoms with Crippen LogP contribution in [-0.4, -0.2) is 33.8 Å². The summed E-state index contributed by atoms with van der Waals surface area (Å²) in [6.07, 6.45) is 2.05. The molecule has 0 aromatic carbocycles. The summed E-state index contributed by atoms with van der Waals surface area (Å²) in [5.41, 5.74) is 8.04. The SMILES string of the molecule is CCc1cc(CN(CCCN)C(C)C)n(C)n1. The average Bonchev–Trinajstić information content (AvgIpc) is 2.65. The minimum atomic E-state index is 0.543. The Morgan fingerprint density at radius 1 is 1.47 bits per heavy atom. The van der Waals surface area contributed by atoms with Crippen LogP contribution in [0.1, 0.15) is 38.6 Å². The lowest BCUT2D eigenvalue weighted by Gasteiger charge is -2.26. The Morgan fingerprint density at radius 3 is 2.65 bits per heavy atom. The fourth-order valence-corrected chi connectivity index (χ4v) is 1.91. The van der Waals surface area contributed by atoms with Crippen LogP contribution < -0.4 is 5.73 Å². The molecule has 0 bridgehead atoms. The van der Waals surface area contributed by atoms with Crippen molar-refractivity contribution in [2.45, 2.75) is 46.2 Å². The summed E-state index contributed by atoms with van der Waals surface area (Å²) in [6, 6.07) is 2.75. The van der Waals surface area contributed by atoms with Gasteiger partial charge < -0.3 is 5.73 Å². The van der Waals surface area contributed by atoms with Crippen LogP contribution >= 0.6 is 0 Å². The van der Waals surface area contributed by atoms with Gasteiger partial charge in [-0.05, 0) is 39.3 Å². The van der Waals surface area contributed by atoms with E-state index in [9.17, 15) is 0 Å². The number of rotatable bonds is 7. The lowest BCUT2D eigenvalue weighted by molar-refractivity contribution is 0.206. The van der Waals surface area contributed by atoms with Gasteiger partial charge in [0.25, 0.3) is 0 Å². The highest BCUT2D eigenvalue weighted by molar-refractivity contribution is 5.10. The van der Waals surface area contributed by atoms with Gasteiger partial charge in [0.1, 0.15) is 0 Å². The summed E-state index contributed by atoms with van der Waals surface area (Å²) in [4.78, 5) is 2.45. The Morgan fingerprint density at radius 2 is 2.18 bits per heavy atom. The third-order valence-electron chi connectivity index (χ3n) is 3.13. The second-order valence-corrected chi connectivity index (χ2v) is 4.81. The second kappa shape index (κ2) is 6.77. The van der Waals surface area contributed by atoms with Gasteiger partial charge in [-0.1, -0.05) is 6.92 Å². The van der Waals surface area contributed by atoms with Crippen molar-refractivity contribution in [1.82, 2.24) is 14.7 Å². The molecule has 1 aromatic heterocycles. The van der Waals surface area contributed by atoms with E-state index in [-0.39, 0.29) is 0 Å². The van der Waals surface area contributed by atoms with Gasteiger partial charge in [-0.15, -0.1) is 0 Å². The van der Waals surface area contributed by atoms with Crippen LogP contribution in [-0.2, 0) is 20.0 Å². The first kappa shape index (κ1) is 14.2. The van der Waals surface area contributed by atoms with Crippen molar-refractivity contribution in [3.8, 4) is 0 Å². The van der Waals surface area contributed by atoms with Gasteiger partial charge in [-0.3, -0.25) is 9.58 Å². The molecular weight excluding hydrogens is 212 g/mol. The third-order valence-corrected chi connectivity index (χ3v) is 3.13. The van der Waals surface area contributed by atoms with Crippen LogP contribution in [0.5, 0.6) is 0 Å². The fraction of sp³-hybridized carbons (Fsp3) is 0.769. The number of aromatic nitrogens is 2. The quantitative estimate of drug-likeness (QED) is 0.784. The molecule has 0 aliphatic heterocycles. The van der Waals surface area contributed by atoms with Crippen molar-refractivity contribution in [3.63, 3.8) is 0 Å². The standard InChI is InChI=1S/C13H26N4/c1-5-12-9-13(16(4)15-12)10-17(11(2)3)8-6-7-14/h9,11H,5-8,10,14H2,1-4H3. The molecule has 0 unspecified atom stereocenters. The van der Waals surface area contributed by atoms with Gasteiger partial charge in [-0.25, -0.2) is 0 Å². The van der Waals surface area contributed by atoms with Gasteiger partial charge in [-0.2, -0.15) is 5.10 Å². The molecule has 4 heteroatoms. The molecule has 4 nitrogen and oxygen atoms in total. The maximum absolute atomic E-state index is 5.58. The normalized spacial score (nSPS) is 11.7. The average molecular weight is 238 g/mol. The minimum absolute atomic E-state index is 0.543. The third kappa shape index (κ3) is 4.13. The molecule has 0 radical (unpaired) electrons. The molecule has 0 saturated carbocycles. The highest BCUT2D eigenvalue weighted by Gasteiger charge is 2.12. The Labute approximate surface area is 105 Å². The molecule has 17 heavy (non-hydrogen) atoms. The number of aryl methyl sites for hydroxylation is 2. The Balaban J connectivity index is 2.67. The van der Waals surface area contributed by atoms with E-state index in [0.717, 1.165) is 32.5 Å². The van der Waals surface area contributed by atoms with E-state index in [2.05, 4.69) is 36.8 Å². The number of hydrogen-bond acceptors (Lipinski definition) is 3. The van der Waals surface area contributed by atoms with Crippen LogP contribution in [0, 0.1) is 0 Å². The summed E-state index contributed by atoms with van der Waals surface area (Å²) in [7, 11) is 2.02. The number of nitrogens with zero attached hydrogens (tertiary/aromatic N) is 3. The van der Waals surface area contributed by atoms with E-state index in [1.165, 1.54) is 11.4 Å². The van der Waals surface area contributed by atoms with Gasteiger partial charge >= 0.3 is 0 Å². The molecule has 0 aliphatic carbocycles. The van der Waals surface area contributed by atoms with Gasteiger partial charge in [0.05, 0.1) is 11.4 Å². The Hall–Kier alpha value is -0.870. The summed E-state index contributed by atoms with van der Waals surface area (Å²) in [6.45, 7) is 9.37. The molecule has 0 saturated heterocycles. The molecule has 2 N–H and O–H groups in total. The van der Waals surface area contributed by atoms with Crippen LogP contribution in [0.25, 0.3) is 0 Å². The molecule has 0 spiro atoms. The highest BCUT2D eigenvalue weighted by Crippen LogP contribution is 2.10. The van der Waals surface area contributed by atoms with Gasteiger partial charge in [0, 0.05) is 26.2 Å². The summed E-state index contributed by atoms with van der Waals surface area (Å²) in [5, 5.41) is 4.49. The first-order chi connectivity index (χ1) is 8.08. The molecule has 0 amide bonds. The zero-order valence-electron chi connectivity index (χ0n) is 11.6. The van der Waals surface area contributed by atoms with Crippen LogP contribution in [0.2, 0.25) is 0 Å². The largest absolute Gasteiger partial charge is 0.330 e. The van der Waals surface area contributed by atoms with Crippen LogP contribution in [0.3, 0.4) is 0 Å². The molecule has 1 aromatic rings. The minimum Gasteiger partial charge on any atom is -0.330 e. The van der Waals surface area contributed by atoms with Crippen LogP contribution in [0.4, 0.5) is 0 Å². The monoisotopic (exact) mass is 238 g/mol. The van der Waals surface area contributed by atoms with E-state index in [0.29, 0.717) is 6.04 Å². The highest BCUT2D eigenvalue weighted by atomic mass is 15.3. The first-order valence-electron chi connectivity index (χ1n) is 6.54. The van der Waals surface area contributed by atoms with Crippen molar-refractivity contribution in [2.24, 2.45) is 12.8 Å². The topological polar surface area (TPSA) is 47.1 Å². The van der Waals surface area contributed by atoms with Crippen LogP contribution in [0.15, 0.2) is 6.07 Å². The van der Waals surface area contributed by atoms with E-state index < -0.39 is 0 Å². The molecule has 0 atom stereocenters. The maximum atomic E-state index is 5.58. The second-order valence-electron chi connectivity index (χ2n) is 4.81. The smallest absolute Gasteiger partial charge is 0.0625 e. The van der Waals surface area contributed by atoms with Gasteiger partial charge in [0.2, 0.25) is 0 Å². The predicted octanol–water partition coefficient (Wildman–Crippen LogP) is 1.54. The molecule has 1 heterocycles. The zero-order chi connectivity index (χ0) is 12.8. The van der Waals surface area contributed by atoms with Crippen molar-refractivity contribution in [2.75, 3.05) is 13.1 Å². The van der Waals surface area contributed by atoms with Gasteiger partial charge in [0.15, 0.2) is 0 Å². The molecule has 0 fully saturated rings.